The van der Waals surface area contributed by atoms with Crippen molar-refractivity contribution in [3.8, 4) is 5.75 Å². The van der Waals surface area contributed by atoms with Crippen LogP contribution in [0.5, 0.6) is 5.75 Å². The Morgan fingerprint density at radius 3 is 1.67 bits per heavy atom. The highest BCUT2D eigenvalue weighted by Gasteiger charge is 2.48. The van der Waals surface area contributed by atoms with Gasteiger partial charge in [-0.2, -0.15) is 0 Å². The van der Waals surface area contributed by atoms with Crippen molar-refractivity contribution in [2.75, 3.05) is 14.2 Å². The van der Waals surface area contributed by atoms with Gasteiger partial charge in [-0.25, -0.2) is 4.79 Å². The fourth-order valence-corrected chi connectivity index (χ4v) is 18.9. The van der Waals surface area contributed by atoms with Crippen LogP contribution >= 0.6 is 0 Å². The van der Waals surface area contributed by atoms with Crippen molar-refractivity contribution in [3.63, 3.8) is 0 Å². The average Bonchev–Trinajstić information content (AvgIpc) is 3.02. The van der Waals surface area contributed by atoms with E-state index < -0.39 is 16.6 Å². The summed E-state index contributed by atoms with van der Waals surface area (Å²) in [5, 5.41) is 0. The third kappa shape index (κ3) is 12.1. The van der Waals surface area contributed by atoms with Crippen LogP contribution in [0.3, 0.4) is 0 Å². The standard InChI is InChI=1S/C40H70O6Si2/c1-16-38(44-28-35-22-24-36(42-14)25-23-35)39(46-48(32(8)9,33(10)11)34(12)13)27-26-37(20-18-17-19-21-40(41)43-15)45-47(29(2)3,30(4)5)31(6)7/h16,19,21-27,29-34,37-39H,1,17-18,20,28H2,2-15H3/b21-19+,27-26+/t37-,38-,39-/m0/s1. The van der Waals surface area contributed by atoms with Crippen molar-refractivity contribution in [1.29, 1.82) is 0 Å². The number of carbonyl (C=O) groups is 1. The monoisotopic (exact) mass is 702 g/mol. The molecule has 1 aromatic rings. The SMILES string of the molecule is C=C[C@H](OCc1ccc(OC)cc1)[C@H](/C=C/[C@H](CCC/C=C/C(=O)OC)O[Si](C(C)C)(C(C)C)C(C)C)O[Si](C(C)C)(C(C)C)C(C)C. The fourth-order valence-electron chi connectivity index (χ4n) is 7.85. The normalized spacial score (nSPS) is 15.1. The third-order valence-corrected chi connectivity index (χ3v) is 22.3. The van der Waals surface area contributed by atoms with E-state index in [0.29, 0.717) is 39.9 Å². The van der Waals surface area contributed by atoms with Crippen molar-refractivity contribution in [1.82, 2.24) is 0 Å². The van der Waals surface area contributed by atoms with E-state index in [1.807, 2.05) is 36.4 Å². The molecule has 0 saturated heterocycles. The quantitative estimate of drug-likeness (QED) is 0.0372. The summed E-state index contributed by atoms with van der Waals surface area (Å²) in [4.78, 5) is 11.6. The Kier molecular flexibility index (Phi) is 19.5. The van der Waals surface area contributed by atoms with Crippen LogP contribution in [0, 0.1) is 0 Å². The van der Waals surface area contributed by atoms with E-state index in [2.05, 4.69) is 102 Å². The van der Waals surface area contributed by atoms with Gasteiger partial charge in [0.15, 0.2) is 0 Å². The smallest absolute Gasteiger partial charge is 0.330 e. The predicted octanol–water partition coefficient (Wildman–Crippen LogP) is 11.3. The summed E-state index contributed by atoms with van der Waals surface area (Å²) in [7, 11) is -1.41. The lowest BCUT2D eigenvalue weighted by Crippen LogP contribution is -2.52. The van der Waals surface area contributed by atoms with Gasteiger partial charge in [0.25, 0.3) is 0 Å². The van der Waals surface area contributed by atoms with Crippen molar-refractivity contribution in [2.24, 2.45) is 0 Å². The van der Waals surface area contributed by atoms with E-state index in [4.69, 9.17) is 23.1 Å². The van der Waals surface area contributed by atoms with Gasteiger partial charge in [0.05, 0.1) is 33.0 Å². The summed E-state index contributed by atoms with van der Waals surface area (Å²) in [6, 6.07) is 7.99. The van der Waals surface area contributed by atoms with E-state index >= 15 is 0 Å². The first kappa shape index (κ1) is 44.0. The molecule has 0 aliphatic heterocycles. The van der Waals surface area contributed by atoms with Gasteiger partial charge in [0, 0.05) is 6.08 Å². The second-order valence-corrected chi connectivity index (χ2v) is 25.8. The molecule has 0 spiro atoms. The number of allylic oxidation sites excluding steroid dienone is 1. The fraction of sp³-hybridized carbons (Fsp3) is 0.675. The number of unbranched alkanes of at least 4 members (excludes halogenated alkanes) is 1. The first-order valence-electron chi connectivity index (χ1n) is 18.2. The van der Waals surface area contributed by atoms with Gasteiger partial charge in [0.2, 0.25) is 16.6 Å². The molecule has 8 heteroatoms. The maximum atomic E-state index is 11.6. The number of esters is 1. The number of benzene rings is 1. The predicted molar refractivity (Wildman–Crippen MR) is 208 cm³/mol. The van der Waals surface area contributed by atoms with Crippen LogP contribution in [0.1, 0.15) is 108 Å². The number of methoxy groups -OCH3 is 2. The van der Waals surface area contributed by atoms with Gasteiger partial charge in [-0.15, -0.1) is 6.58 Å². The minimum Gasteiger partial charge on any atom is -0.497 e. The lowest BCUT2D eigenvalue weighted by atomic mass is 10.1. The zero-order valence-corrected chi connectivity index (χ0v) is 34.9. The zero-order chi connectivity index (χ0) is 36.7. The first-order chi connectivity index (χ1) is 22.5. The molecule has 6 nitrogen and oxygen atoms in total. The Bertz CT molecular complexity index is 1080. The number of carbonyl (C=O) groups excluding carboxylic acids is 1. The molecule has 0 fully saturated rings. The molecule has 48 heavy (non-hydrogen) atoms. The third-order valence-electron chi connectivity index (χ3n) is 10.1. The van der Waals surface area contributed by atoms with Crippen LogP contribution in [-0.4, -0.2) is 55.1 Å². The Balaban J connectivity index is 3.64. The van der Waals surface area contributed by atoms with Crippen LogP contribution in [-0.2, 0) is 29.7 Å². The summed E-state index contributed by atoms with van der Waals surface area (Å²) >= 11 is 0. The second kappa shape index (κ2) is 21.3. The molecule has 0 aliphatic carbocycles. The maximum Gasteiger partial charge on any atom is 0.330 e. The van der Waals surface area contributed by atoms with Crippen LogP contribution in [0.2, 0.25) is 33.2 Å². The molecule has 0 saturated carbocycles. The lowest BCUT2D eigenvalue weighted by molar-refractivity contribution is -0.134. The molecule has 274 valence electrons. The Morgan fingerprint density at radius 2 is 1.23 bits per heavy atom. The summed E-state index contributed by atoms with van der Waals surface area (Å²) < 4.78 is 31.5. The van der Waals surface area contributed by atoms with Crippen molar-refractivity contribution in [2.45, 2.75) is 161 Å². The number of rotatable bonds is 23. The summed E-state index contributed by atoms with van der Waals surface area (Å²) in [6.07, 6.45) is 11.5. The van der Waals surface area contributed by atoms with Gasteiger partial charge in [-0.05, 0) is 70.2 Å². The molecule has 0 amide bonds. The largest absolute Gasteiger partial charge is 0.497 e. The minimum absolute atomic E-state index is 0.0956. The number of hydrogen-bond donors (Lipinski definition) is 0. The highest BCUT2D eigenvalue weighted by atomic mass is 28.4. The highest BCUT2D eigenvalue weighted by molar-refractivity contribution is 6.78. The Hall–Kier alpha value is -1.98. The van der Waals surface area contributed by atoms with Crippen LogP contribution in [0.15, 0.2) is 61.2 Å². The Labute approximate surface area is 297 Å². The van der Waals surface area contributed by atoms with Crippen LogP contribution < -0.4 is 4.74 Å². The van der Waals surface area contributed by atoms with Crippen molar-refractivity contribution >= 4 is 22.6 Å². The van der Waals surface area contributed by atoms with E-state index in [1.165, 1.54) is 13.2 Å². The summed E-state index contributed by atoms with van der Waals surface area (Å²) in [6.45, 7) is 32.5. The van der Waals surface area contributed by atoms with E-state index in [9.17, 15) is 4.79 Å². The zero-order valence-electron chi connectivity index (χ0n) is 32.9. The van der Waals surface area contributed by atoms with E-state index in [-0.39, 0.29) is 24.3 Å². The van der Waals surface area contributed by atoms with Crippen LogP contribution in [0.4, 0.5) is 0 Å². The molecule has 0 heterocycles. The molecule has 0 aliphatic rings. The molecule has 1 rings (SSSR count). The molecule has 0 aromatic heterocycles. The lowest BCUT2D eigenvalue weighted by Gasteiger charge is -2.45. The maximum absolute atomic E-state index is 11.6. The van der Waals surface area contributed by atoms with Gasteiger partial charge in [-0.1, -0.05) is 120 Å². The van der Waals surface area contributed by atoms with Gasteiger partial charge >= 0.3 is 5.97 Å². The molecule has 3 atom stereocenters. The van der Waals surface area contributed by atoms with Crippen molar-refractivity contribution in [3.05, 3.63) is 66.8 Å². The first-order valence-corrected chi connectivity index (χ1v) is 22.5. The van der Waals surface area contributed by atoms with E-state index in [1.54, 1.807) is 7.11 Å². The average molecular weight is 703 g/mol. The molecular weight excluding hydrogens is 633 g/mol. The molecule has 0 radical (unpaired) electrons. The number of hydrogen-bond acceptors (Lipinski definition) is 6. The molecule has 0 bridgehead atoms. The highest BCUT2D eigenvalue weighted by Crippen LogP contribution is 2.45. The topological polar surface area (TPSA) is 63.2 Å². The van der Waals surface area contributed by atoms with Crippen molar-refractivity contribution < 1.29 is 27.9 Å². The van der Waals surface area contributed by atoms with Gasteiger partial charge in [-0.3, -0.25) is 0 Å². The molecule has 1 aromatic carbocycles. The summed E-state index contributed by atoms with van der Waals surface area (Å²) in [5.74, 6) is 0.493. The molecule has 0 N–H and O–H groups in total. The van der Waals surface area contributed by atoms with Gasteiger partial charge in [0.1, 0.15) is 11.9 Å². The van der Waals surface area contributed by atoms with Gasteiger partial charge < -0.3 is 23.1 Å². The Morgan fingerprint density at radius 1 is 0.729 bits per heavy atom. The summed E-state index contributed by atoms with van der Waals surface area (Å²) in [5.41, 5.74) is 3.67. The second-order valence-electron chi connectivity index (χ2n) is 15.0. The van der Waals surface area contributed by atoms with Crippen LogP contribution in [0.25, 0.3) is 0 Å². The molecular formula is C40H70O6Si2. The van der Waals surface area contributed by atoms with E-state index in [0.717, 1.165) is 30.6 Å². The number of ether oxygens (including phenoxy) is 3. The molecule has 0 unspecified atom stereocenters. The minimum atomic E-state index is -2.29.